The first-order valence-electron chi connectivity index (χ1n) is 3.99. The highest BCUT2D eigenvalue weighted by atomic mass is 31.2. The molecule has 0 aromatic carbocycles. The van der Waals surface area contributed by atoms with E-state index in [4.69, 9.17) is 29.5 Å². The number of hydrogen-bond donors (Lipinski definition) is 5. The average molecular weight is 242 g/mol. The lowest BCUT2D eigenvalue weighted by molar-refractivity contribution is -0.132. The predicted molar refractivity (Wildman–Crippen MR) is 52.1 cm³/mol. The lowest BCUT2D eigenvalue weighted by atomic mass is 10.2. The molecular formula is C7H15O7P. The van der Waals surface area contributed by atoms with Crippen LogP contribution in [-0.2, 0) is 9.36 Å². The Bertz CT molecular complexity index is 269. The number of aliphatic carboxylic acids is 1. The Morgan fingerprint density at radius 2 is 1.53 bits per heavy atom. The van der Waals surface area contributed by atoms with Crippen LogP contribution in [-0.4, -0.2) is 30.9 Å². The Kier molecular flexibility index (Phi) is 8.18. The summed E-state index contributed by atoms with van der Waals surface area (Å²) in [6, 6.07) is 0. The molecule has 5 N–H and O–H groups in total. The fourth-order valence-electron chi connectivity index (χ4n) is 0.548. The van der Waals surface area contributed by atoms with E-state index < -0.39 is 13.8 Å². The first kappa shape index (κ1) is 16.5. The smallest absolute Gasteiger partial charge is 0.466 e. The maximum atomic E-state index is 10.2. The molecule has 0 radical (unpaired) electrons. The number of carboxylic acid groups (broad SMARTS) is 1. The van der Waals surface area contributed by atoms with Gasteiger partial charge in [-0.2, -0.15) is 0 Å². The molecule has 0 aliphatic rings. The third-order valence-electron chi connectivity index (χ3n) is 1.24. The number of allylic oxidation sites excluding steroid dienone is 1. The van der Waals surface area contributed by atoms with Crippen molar-refractivity contribution in [2.24, 2.45) is 0 Å². The van der Waals surface area contributed by atoms with E-state index >= 15 is 0 Å². The lowest BCUT2D eigenvalue weighted by Crippen LogP contribution is -2.00. The maximum Gasteiger partial charge on any atom is 0.466 e. The van der Waals surface area contributed by atoms with Crippen molar-refractivity contribution in [2.75, 3.05) is 0 Å². The van der Waals surface area contributed by atoms with Gasteiger partial charge in [-0.05, 0) is 13.3 Å². The van der Waals surface area contributed by atoms with Gasteiger partial charge in [-0.25, -0.2) is 9.36 Å². The summed E-state index contributed by atoms with van der Waals surface area (Å²) in [5.74, 6) is -1.07. The predicted octanol–water partition coefficient (Wildman–Crippen LogP) is 0.774. The highest BCUT2D eigenvalue weighted by Crippen LogP contribution is 2.25. The molecule has 0 amide bonds. The van der Waals surface area contributed by atoms with E-state index in [0.29, 0.717) is 6.42 Å². The average Bonchev–Trinajstić information content (AvgIpc) is 2.00. The number of hydrogen-bond acceptors (Lipinski definition) is 3. The highest BCUT2D eigenvalue weighted by molar-refractivity contribution is 7.45. The standard InChI is InChI=1S/C7H12O3.H3O4P/c1-3-4-6(8)5(2)7(9)10;1-5(2,3)4/h8H,3-4H2,1-2H3,(H,9,10);(H3,1,2,3,4)/b6-5+;. The minimum absolute atomic E-state index is 0.0185. The second-order valence-corrected chi connectivity index (χ2v) is 3.67. The molecular weight excluding hydrogens is 227 g/mol. The number of rotatable bonds is 3. The van der Waals surface area contributed by atoms with Gasteiger partial charge in [0.05, 0.1) is 5.57 Å². The Morgan fingerprint density at radius 3 is 1.73 bits per heavy atom. The van der Waals surface area contributed by atoms with Crippen LogP contribution >= 0.6 is 7.82 Å². The van der Waals surface area contributed by atoms with Crippen LogP contribution in [0.4, 0.5) is 0 Å². The maximum absolute atomic E-state index is 10.2. The van der Waals surface area contributed by atoms with Crippen molar-refractivity contribution in [3.8, 4) is 0 Å². The SMILES string of the molecule is CCC/C(O)=C(/C)C(=O)O.O=P(O)(O)O. The zero-order valence-corrected chi connectivity index (χ0v) is 9.31. The Morgan fingerprint density at radius 1 is 1.20 bits per heavy atom. The molecule has 0 saturated heterocycles. The first-order chi connectivity index (χ1) is 6.59. The summed E-state index contributed by atoms with van der Waals surface area (Å²) in [4.78, 5) is 31.8. The minimum Gasteiger partial charge on any atom is -0.512 e. The van der Waals surface area contributed by atoms with Gasteiger partial charge in [0.15, 0.2) is 0 Å². The van der Waals surface area contributed by atoms with Crippen molar-refractivity contribution < 1.29 is 34.3 Å². The van der Waals surface area contributed by atoms with E-state index in [1.807, 2.05) is 6.92 Å². The highest BCUT2D eigenvalue weighted by Gasteiger charge is 2.05. The van der Waals surface area contributed by atoms with Gasteiger partial charge in [0, 0.05) is 6.42 Å². The lowest BCUT2D eigenvalue weighted by Gasteiger charge is -1.98. The Hall–Kier alpha value is -0.880. The van der Waals surface area contributed by atoms with E-state index in [1.165, 1.54) is 6.92 Å². The number of carboxylic acids is 1. The van der Waals surface area contributed by atoms with Crippen LogP contribution in [0.15, 0.2) is 11.3 Å². The van der Waals surface area contributed by atoms with Crippen molar-refractivity contribution in [1.82, 2.24) is 0 Å². The van der Waals surface area contributed by atoms with Crippen LogP contribution in [0.5, 0.6) is 0 Å². The van der Waals surface area contributed by atoms with Gasteiger partial charge >= 0.3 is 13.8 Å². The summed E-state index contributed by atoms with van der Waals surface area (Å²) in [5, 5.41) is 17.3. The number of aliphatic hydroxyl groups excluding tert-OH is 1. The van der Waals surface area contributed by atoms with Gasteiger partial charge < -0.3 is 24.9 Å². The van der Waals surface area contributed by atoms with Crippen molar-refractivity contribution in [3.05, 3.63) is 11.3 Å². The van der Waals surface area contributed by atoms with Crippen molar-refractivity contribution in [2.45, 2.75) is 26.7 Å². The van der Waals surface area contributed by atoms with Gasteiger partial charge in [0.1, 0.15) is 5.76 Å². The molecule has 15 heavy (non-hydrogen) atoms. The van der Waals surface area contributed by atoms with Crippen LogP contribution < -0.4 is 0 Å². The summed E-state index contributed by atoms with van der Waals surface area (Å²) in [6.07, 6.45) is 1.20. The monoisotopic (exact) mass is 242 g/mol. The molecule has 0 atom stereocenters. The molecule has 0 bridgehead atoms. The van der Waals surface area contributed by atoms with E-state index in [1.54, 1.807) is 0 Å². The summed E-state index contributed by atoms with van der Waals surface area (Å²) < 4.78 is 8.88. The number of phosphoric acid groups is 1. The number of carbonyl (C=O) groups is 1. The molecule has 0 aromatic rings. The van der Waals surface area contributed by atoms with Gasteiger partial charge in [-0.3, -0.25) is 0 Å². The van der Waals surface area contributed by atoms with Crippen molar-refractivity contribution in [1.29, 1.82) is 0 Å². The van der Waals surface area contributed by atoms with E-state index in [-0.39, 0.29) is 11.3 Å². The fourth-order valence-corrected chi connectivity index (χ4v) is 0.548. The normalized spacial score (nSPS) is 12.3. The van der Waals surface area contributed by atoms with Crippen LogP contribution in [0.3, 0.4) is 0 Å². The van der Waals surface area contributed by atoms with Crippen LogP contribution in [0.25, 0.3) is 0 Å². The molecule has 0 heterocycles. The zero-order chi connectivity index (χ0) is 12.6. The Balaban J connectivity index is 0. The summed E-state index contributed by atoms with van der Waals surface area (Å²) in [5.41, 5.74) is 0.0434. The molecule has 0 rings (SSSR count). The van der Waals surface area contributed by atoms with Gasteiger partial charge in [-0.15, -0.1) is 0 Å². The largest absolute Gasteiger partial charge is 0.512 e. The van der Waals surface area contributed by atoms with E-state index in [0.717, 1.165) is 6.42 Å². The molecule has 0 unspecified atom stereocenters. The zero-order valence-electron chi connectivity index (χ0n) is 8.41. The second-order valence-electron chi connectivity index (χ2n) is 2.64. The van der Waals surface area contributed by atoms with Crippen molar-refractivity contribution in [3.63, 3.8) is 0 Å². The number of aliphatic hydroxyl groups is 1. The fraction of sp³-hybridized carbons (Fsp3) is 0.571. The summed E-state index contributed by atoms with van der Waals surface area (Å²) >= 11 is 0. The third-order valence-corrected chi connectivity index (χ3v) is 1.24. The second kappa shape index (κ2) is 7.42. The van der Waals surface area contributed by atoms with Crippen LogP contribution in [0.2, 0.25) is 0 Å². The van der Waals surface area contributed by atoms with E-state index in [2.05, 4.69) is 0 Å². The minimum atomic E-state index is -4.64. The molecule has 7 nitrogen and oxygen atoms in total. The van der Waals surface area contributed by atoms with Gasteiger partial charge in [0.2, 0.25) is 0 Å². The van der Waals surface area contributed by atoms with E-state index in [9.17, 15) is 4.79 Å². The van der Waals surface area contributed by atoms with Gasteiger partial charge in [-0.1, -0.05) is 6.92 Å². The Labute approximate surface area is 86.9 Å². The molecule has 0 aliphatic carbocycles. The summed E-state index contributed by atoms with van der Waals surface area (Å²) in [7, 11) is -4.64. The molecule has 0 spiro atoms. The molecule has 8 heteroatoms. The third kappa shape index (κ3) is 15.8. The quantitative estimate of drug-likeness (QED) is 0.280. The molecule has 0 fully saturated rings. The van der Waals surface area contributed by atoms with Gasteiger partial charge in [0.25, 0.3) is 0 Å². The molecule has 0 aromatic heterocycles. The topological polar surface area (TPSA) is 135 Å². The molecule has 90 valence electrons. The first-order valence-corrected chi connectivity index (χ1v) is 5.56. The summed E-state index contributed by atoms with van der Waals surface area (Å²) in [6.45, 7) is 3.28. The molecule has 0 aliphatic heterocycles. The van der Waals surface area contributed by atoms with Crippen LogP contribution in [0.1, 0.15) is 26.7 Å². The van der Waals surface area contributed by atoms with Crippen molar-refractivity contribution >= 4 is 13.8 Å². The van der Waals surface area contributed by atoms with Crippen LogP contribution in [0, 0.1) is 0 Å². The molecule has 0 saturated carbocycles.